The quantitative estimate of drug-likeness (QED) is 0.266. The van der Waals surface area contributed by atoms with E-state index >= 15 is 0 Å². The van der Waals surface area contributed by atoms with Crippen molar-refractivity contribution in [2.45, 2.75) is 142 Å². The summed E-state index contributed by atoms with van der Waals surface area (Å²) in [4.78, 5) is 24.9. The van der Waals surface area contributed by atoms with Gasteiger partial charge in [-0.25, -0.2) is 0 Å². The van der Waals surface area contributed by atoms with Crippen molar-refractivity contribution >= 4 is 39.3 Å². The molecular formula is C34H58O4SSi2. The molecule has 0 heterocycles. The number of allylic oxidation sites excluding steroid dienone is 3. The van der Waals surface area contributed by atoms with E-state index in [0.29, 0.717) is 18.0 Å². The summed E-state index contributed by atoms with van der Waals surface area (Å²) in [5.74, 6) is 1.17. The van der Waals surface area contributed by atoms with Crippen molar-refractivity contribution in [2.75, 3.05) is 5.75 Å². The van der Waals surface area contributed by atoms with E-state index in [1.54, 1.807) is 6.92 Å². The molecule has 7 heteroatoms. The van der Waals surface area contributed by atoms with Gasteiger partial charge in [-0.05, 0) is 84.4 Å². The molecule has 3 fully saturated rings. The molecule has 0 bridgehead atoms. The van der Waals surface area contributed by atoms with Crippen LogP contribution in [0.2, 0.25) is 36.3 Å². The molecule has 0 amide bonds. The lowest BCUT2D eigenvalue weighted by molar-refractivity contribution is -0.121. The zero-order chi connectivity index (χ0) is 31.2. The minimum absolute atomic E-state index is 0.0351. The van der Waals surface area contributed by atoms with Crippen LogP contribution in [-0.4, -0.2) is 45.5 Å². The van der Waals surface area contributed by atoms with Crippen LogP contribution in [0, 0.1) is 17.3 Å². The number of hydrogen-bond acceptors (Lipinski definition) is 5. The van der Waals surface area contributed by atoms with Gasteiger partial charge in [0.25, 0.3) is 0 Å². The van der Waals surface area contributed by atoms with E-state index < -0.39 is 16.6 Å². The number of carbonyl (C=O) groups is 2. The van der Waals surface area contributed by atoms with Crippen LogP contribution in [0.5, 0.6) is 0 Å². The summed E-state index contributed by atoms with van der Waals surface area (Å²) in [6.07, 6.45) is 10.2. The third-order valence-corrected chi connectivity index (χ3v) is 21.1. The Morgan fingerprint density at radius 1 is 1.02 bits per heavy atom. The van der Waals surface area contributed by atoms with Gasteiger partial charge in [-0.3, -0.25) is 9.59 Å². The predicted octanol–water partition coefficient (Wildman–Crippen LogP) is 9.65. The van der Waals surface area contributed by atoms with Crippen molar-refractivity contribution < 1.29 is 18.4 Å². The molecule has 41 heavy (non-hydrogen) atoms. The summed E-state index contributed by atoms with van der Waals surface area (Å²) < 4.78 is 14.0. The van der Waals surface area contributed by atoms with Gasteiger partial charge < -0.3 is 8.85 Å². The molecule has 0 spiro atoms. The lowest BCUT2D eigenvalue weighted by atomic mass is 9.64. The highest BCUT2D eigenvalue weighted by atomic mass is 32.2. The van der Waals surface area contributed by atoms with E-state index in [1.807, 2.05) is 0 Å². The van der Waals surface area contributed by atoms with Crippen LogP contribution < -0.4 is 0 Å². The zero-order valence-corrected chi connectivity index (χ0v) is 31.0. The van der Waals surface area contributed by atoms with Gasteiger partial charge in [0.15, 0.2) is 21.8 Å². The average molecular weight is 619 g/mol. The van der Waals surface area contributed by atoms with Gasteiger partial charge in [-0.1, -0.05) is 84.5 Å². The second-order valence-corrected chi connectivity index (χ2v) is 26.9. The number of fused-ring (bicyclic) bond motifs is 1. The van der Waals surface area contributed by atoms with Gasteiger partial charge in [-0.15, -0.1) is 0 Å². The number of thioether (sulfide) groups is 1. The molecule has 3 saturated carbocycles. The van der Waals surface area contributed by atoms with Crippen LogP contribution in [0.3, 0.4) is 0 Å². The van der Waals surface area contributed by atoms with Crippen molar-refractivity contribution in [3.63, 3.8) is 0 Å². The molecule has 4 nitrogen and oxygen atoms in total. The molecule has 3 aliphatic rings. The topological polar surface area (TPSA) is 52.6 Å². The van der Waals surface area contributed by atoms with Crippen LogP contribution in [0.25, 0.3) is 0 Å². The molecule has 0 unspecified atom stereocenters. The molecule has 0 aliphatic heterocycles. The molecule has 232 valence electrons. The lowest BCUT2D eigenvalue weighted by Crippen LogP contribution is -2.49. The predicted molar refractivity (Wildman–Crippen MR) is 180 cm³/mol. The minimum atomic E-state index is -2.01. The Labute approximate surface area is 257 Å². The SMILES string of the molecule is C=C1/C(=C\C=C2/CCC[C@]3(C)[C@@H](CSC(C)=O)C(=O)C[C@@H]23)C[C@@H](O[Si](C)(C)C(C)(C)C)C[C@@H]1O[Si](C)(C)C(C)(C)C. The van der Waals surface area contributed by atoms with E-state index in [1.165, 1.54) is 22.9 Å². The van der Waals surface area contributed by atoms with Crippen LogP contribution in [0.4, 0.5) is 0 Å². The molecule has 5 atom stereocenters. The molecule has 0 aromatic carbocycles. The summed E-state index contributed by atoms with van der Waals surface area (Å²) in [5.41, 5.74) is 3.65. The first kappa shape index (κ1) is 34.8. The van der Waals surface area contributed by atoms with Gasteiger partial charge in [0.1, 0.15) is 5.78 Å². The van der Waals surface area contributed by atoms with Crippen LogP contribution in [-0.2, 0) is 18.4 Å². The standard InChI is InChI=1S/C34H58O4SSi2/c1-23-26(17-16-25-15-14-18-34(9)28(25)21-30(36)29(34)22-39-24(2)35)19-27(37-40(10,11)32(3,4)5)20-31(23)38-41(12,13)33(6,7)8/h16-17,27-29,31H,1,14-15,18-22H2,2-13H3/b25-16+,26-17-/t27-,28+,29+,31+,34+/m1/s1. The number of Topliss-reactive ketones (excluding diaryl/α,β-unsaturated/α-hetero) is 1. The van der Waals surface area contributed by atoms with E-state index in [-0.39, 0.29) is 44.7 Å². The fourth-order valence-corrected chi connectivity index (χ4v) is 10.0. The Morgan fingerprint density at radius 2 is 1.61 bits per heavy atom. The molecular weight excluding hydrogens is 561 g/mol. The molecule has 0 radical (unpaired) electrons. The largest absolute Gasteiger partial charge is 0.413 e. The maximum Gasteiger partial charge on any atom is 0.192 e. The molecule has 0 saturated heterocycles. The normalized spacial score (nSPS) is 32.1. The van der Waals surface area contributed by atoms with E-state index in [4.69, 9.17) is 8.85 Å². The fourth-order valence-electron chi connectivity index (χ4n) is 6.39. The minimum Gasteiger partial charge on any atom is -0.413 e. The highest BCUT2D eigenvalue weighted by molar-refractivity contribution is 8.13. The molecule has 0 N–H and O–H groups in total. The fraction of sp³-hybridized carbons (Fsp3) is 0.765. The second kappa shape index (κ2) is 12.3. The number of rotatable bonds is 7. The Kier molecular flexibility index (Phi) is 10.5. The number of hydrogen-bond donors (Lipinski definition) is 0. The maximum absolute atomic E-state index is 13.2. The summed E-state index contributed by atoms with van der Waals surface area (Å²) in [6, 6.07) is 0. The smallest absolute Gasteiger partial charge is 0.192 e. The van der Waals surface area contributed by atoms with Crippen molar-refractivity contribution in [3.05, 3.63) is 35.5 Å². The van der Waals surface area contributed by atoms with Crippen LogP contribution in [0.1, 0.15) is 93.9 Å². The Balaban J connectivity index is 1.93. The highest BCUT2D eigenvalue weighted by Gasteiger charge is 2.53. The summed E-state index contributed by atoms with van der Waals surface area (Å²) >= 11 is 1.31. The van der Waals surface area contributed by atoms with Gasteiger partial charge in [-0.2, -0.15) is 0 Å². The third-order valence-electron chi connectivity index (χ3n) is 11.2. The third kappa shape index (κ3) is 7.68. The van der Waals surface area contributed by atoms with E-state index in [9.17, 15) is 9.59 Å². The van der Waals surface area contributed by atoms with Gasteiger partial charge in [0.05, 0.1) is 12.2 Å². The van der Waals surface area contributed by atoms with Crippen LogP contribution >= 0.6 is 11.8 Å². The summed E-state index contributed by atoms with van der Waals surface area (Å²) in [5, 5.41) is 0.355. The van der Waals surface area contributed by atoms with Gasteiger partial charge in [0.2, 0.25) is 0 Å². The van der Waals surface area contributed by atoms with E-state index in [2.05, 4.69) is 93.4 Å². The number of carbonyl (C=O) groups excluding carboxylic acids is 2. The highest BCUT2D eigenvalue weighted by Crippen LogP contribution is 2.56. The van der Waals surface area contributed by atoms with Crippen molar-refractivity contribution in [2.24, 2.45) is 17.3 Å². The monoisotopic (exact) mass is 618 g/mol. The number of ketones is 1. The Bertz CT molecular complexity index is 1090. The first-order valence-corrected chi connectivity index (χ1v) is 22.5. The molecule has 0 aromatic heterocycles. The van der Waals surface area contributed by atoms with Gasteiger partial charge in [0, 0.05) is 31.4 Å². The first-order chi connectivity index (χ1) is 18.6. The van der Waals surface area contributed by atoms with Crippen LogP contribution in [0.15, 0.2) is 35.5 Å². The van der Waals surface area contributed by atoms with Gasteiger partial charge >= 0.3 is 0 Å². The molecule has 3 rings (SSSR count). The lowest BCUT2D eigenvalue weighted by Gasteiger charge is -2.45. The Hall–Kier alpha value is -0.736. The summed E-state index contributed by atoms with van der Waals surface area (Å²) in [7, 11) is -3.98. The second-order valence-electron chi connectivity index (χ2n) is 16.2. The van der Waals surface area contributed by atoms with Crippen molar-refractivity contribution in [1.29, 1.82) is 0 Å². The Morgan fingerprint density at radius 3 is 2.17 bits per heavy atom. The maximum atomic E-state index is 13.2. The molecule has 3 aliphatic carbocycles. The van der Waals surface area contributed by atoms with Crippen molar-refractivity contribution in [3.8, 4) is 0 Å². The van der Waals surface area contributed by atoms with E-state index in [0.717, 1.165) is 37.7 Å². The first-order valence-electron chi connectivity index (χ1n) is 15.7. The zero-order valence-electron chi connectivity index (χ0n) is 28.2. The average Bonchev–Trinajstić information content (AvgIpc) is 3.06. The van der Waals surface area contributed by atoms with Crippen molar-refractivity contribution in [1.82, 2.24) is 0 Å². The molecule has 0 aromatic rings. The summed E-state index contributed by atoms with van der Waals surface area (Å²) in [6.45, 7) is 31.6.